The van der Waals surface area contributed by atoms with Gasteiger partial charge in [-0.05, 0) is 19.3 Å². The van der Waals surface area contributed by atoms with Crippen LogP contribution in [-0.4, -0.2) is 42.9 Å². The molecule has 0 unspecified atom stereocenters. The Morgan fingerprint density at radius 3 is 2.56 bits per heavy atom. The van der Waals surface area contributed by atoms with Crippen LogP contribution in [0.1, 0.15) is 32.1 Å². The molecule has 1 saturated carbocycles. The zero-order valence-corrected chi connectivity index (χ0v) is 9.61. The van der Waals surface area contributed by atoms with Crippen LogP contribution in [0.4, 0.5) is 0 Å². The van der Waals surface area contributed by atoms with Crippen LogP contribution in [0.25, 0.3) is 0 Å². The predicted octanol–water partition coefficient (Wildman–Crippen LogP) is 1.15. The van der Waals surface area contributed by atoms with E-state index in [9.17, 15) is 4.79 Å². The molecule has 0 N–H and O–H groups in total. The van der Waals surface area contributed by atoms with Crippen molar-refractivity contribution >= 4 is 5.91 Å². The van der Waals surface area contributed by atoms with Gasteiger partial charge in [0.15, 0.2) is 5.79 Å². The Kier molecular flexibility index (Phi) is 2.64. The van der Waals surface area contributed by atoms with Gasteiger partial charge in [-0.3, -0.25) is 4.79 Å². The molecule has 3 rings (SSSR count). The van der Waals surface area contributed by atoms with E-state index in [1.54, 1.807) is 0 Å². The Balaban J connectivity index is 1.64. The first-order valence-corrected chi connectivity index (χ1v) is 6.36. The molecule has 0 aromatic rings. The van der Waals surface area contributed by atoms with Gasteiger partial charge in [0.05, 0.1) is 19.8 Å². The molecule has 16 heavy (non-hydrogen) atoms. The number of likely N-dealkylation sites (tertiary alicyclic amines) is 1. The maximum absolute atomic E-state index is 12.1. The van der Waals surface area contributed by atoms with E-state index in [2.05, 4.69) is 0 Å². The summed E-state index contributed by atoms with van der Waals surface area (Å²) >= 11 is 0. The Hall–Kier alpha value is -0.610. The van der Waals surface area contributed by atoms with Crippen molar-refractivity contribution < 1.29 is 14.3 Å². The number of piperidine rings is 1. The summed E-state index contributed by atoms with van der Waals surface area (Å²) in [6, 6.07) is 0. The van der Waals surface area contributed by atoms with E-state index in [0.29, 0.717) is 25.7 Å². The number of carbonyl (C=O) groups excluding carboxylic acids is 1. The number of amides is 1. The first-order chi connectivity index (χ1) is 7.79. The Morgan fingerprint density at radius 2 is 1.94 bits per heavy atom. The van der Waals surface area contributed by atoms with E-state index in [4.69, 9.17) is 9.47 Å². The van der Waals surface area contributed by atoms with Gasteiger partial charge in [0.2, 0.25) is 5.91 Å². The zero-order chi connectivity index (χ0) is 11.0. The lowest BCUT2D eigenvalue weighted by molar-refractivity contribution is -0.195. The van der Waals surface area contributed by atoms with Crippen LogP contribution in [0.2, 0.25) is 0 Å². The molecule has 0 bridgehead atoms. The van der Waals surface area contributed by atoms with Gasteiger partial charge in [-0.1, -0.05) is 6.42 Å². The molecule has 1 spiro atoms. The van der Waals surface area contributed by atoms with Crippen molar-refractivity contribution in [1.29, 1.82) is 0 Å². The fraction of sp³-hybridized carbons (Fsp3) is 0.917. The van der Waals surface area contributed by atoms with Crippen molar-refractivity contribution in [3.63, 3.8) is 0 Å². The minimum absolute atomic E-state index is 0.288. The third-order valence-electron chi connectivity index (χ3n) is 4.00. The third kappa shape index (κ3) is 1.74. The fourth-order valence-electron chi connectivity index (χ4n) is 2.82. The maximum atomic E-state index is 12.1. The topological polar surface area (TPSA) is 38.8 Å². The second-order valence-electron chi connectivity index (χ2n) is 5.10. The van der Waals surface area contributed by atoms with Gasteiger partial charge in [0.25, 0.3) is 0 Å². The maximum Gasteiger partial charge on any atom is 0.225 e. The van der Waals surface area contributed by atoms with E-state index >= 15 is 0 Å². The van der Waals surface area contributed by atoms with E-state index in [0.717, 1.165) is 32.2 Å². The highest BCUT2D eigenvalue weighted by Gasteiger charge is 2.43. The molecule has 90 valence electrons. The van der Waals surface area contributed by atoms with E-state index in [1.807, 2.05) is 4.90 Å². The molecule has 0 radical (unpaired) electrons. The largest absolute Gasteiger partial charge is 0.346 e. The lowest BCUT2D eigenvalue weighted by Gasteiger charge is -2.41. The molecular formula is C12H19NO3. The number of rotatable bonds is 1. The first kappa shape index (κ1) is 10.5. The molecule has 3 fully saturated rings. The highest BCUT2D eigenvalue weighted by atomic mass is 16.7. The van der Waals surface area contributed by atoms with E-state index in [1.165, 1.54) is 6.42 Å². The van der Waals surface area contributed by atoms with Crippen LogP contribution in [0, 0.1) is 5.92 Å². The van der Waals surface area contributed by atoms with Gasteiger partial charge in [-0.15, -0.1) is 0 Å². The number of hydrogen-bond acceptors (Lipinski definition) is 3. The van der Waals surface area contributed by atoms with Crippen molar-refractivity contribution in [3.8, 4) is 0 Å². The highest BCUT2D eigenvalue weighted by molar-refractivity contribution is 5.79. The van der Waals surface area contributed by atoms with E-state index < -0.39 is 5.79 Å². The minimum Gasteiger partial charge on any atom is -0.346 e. The van der Waals surface area contributed by atoms with E-state index in [-0.39, 0.29) is 5.92 Å². The Morgan fingerprint density at radius 1 is 1.19 bits per heavy atom. The van der Waals surface area contributed by atoms with Crippen LogP contribution >= 0.6 is 0 Å². The van der Waals surface area contributed by atoms with Crippen LogP contribution < -0.4 is 0 Å². The summed E-state index contributed by atoms with van der Waals surface area (Å²) in [5, 5.41) is 0. The third-order valence-corrected chi connectivity index (χ3v) is 4.00. The summed E-state index contributed by atoms with van der Waals surface area (Å²) in [5.74, 6) is 0.151. The molecular weight excluding hydrogens is 206 g/mol. The van der Waals surface area contributed by atoms with Gasteiger partial charge < -0.3 is 14.4 Å². The molecule has 0 atom stereocenters. The number of ether oxygens (including phenoxy) is 2. The van der Waals surface area contributed by atoms with Gasteiger partial charge in [-0.25, -0.2) is 0 Å². The van der Waals surface area contributed by atoms with Crippen molar-refractivity contribution in [2.45, 2.75) is 37.9 Å². The fourth-order valence-corrected chi connectivity index (χ4v) is 2.82. The van der Waals surface area contributed by atoms with Gasteiger partial charge in [-0.2, -0.15) is 0 Å². The average molecular weight is 225 g/mol. The van der Waals surface area contributed by atoms with Crippen molar-refractivity contribution in [3.05, 3.63) is 0 Å². The Labute approximate surface area is 95.9 Å². The summed E-state index contributed by atoms with van der Waals surface area (Å²) in [6.07, 6.45) is 5.29. The van der Waals surface area contributed by atoms with Crippen LogP contribution in [0.15, 0.2) is 0 Å². The number of nitrogens with zero attached hydrogens (tertiary/aromatic N) is 1. The molecule has 2 aliphatic heterocycles. The molecule has 3 aliphatic rings. The molecule has 2 heterocycles. The zero-order valence-electron chi connectivity index (χ0n) is 9.61. The lowest BCUT2D eigenvalue weighted by Crippen LogP contribution is -2.53. The summed E-state index contributed by atoms with van der Waals surface area (Å²) in [5.41, 5.74) is 0. The van der Waals surface area contributed by atoms with Crippen molar-refractivity contribution in [2.75, 3.05) is 26.3 Å². The quantitative estimate of drug-likeness (QED) is 0.672. The molecule has 0 aromatic carbocycles. The van der Waals surface area contributed by atoms with Gasteiger partial charge in [0, 0.05) is 18.9 Å². The lowest BCUT2D eigenvalue weighted by atomic mass is 9.84. The number of hydrogen-bond donors (Lipinski definition) is 0. The summed E-state index contributed by atoms with van der Waals surface area (Å²) in [4.78, 5) is 14.1. The summed E-state index contributed by atoms with van der Waals surface area (Å²) in [6.45, 7) is 2.86. The van der Waals surface area contributed by atoms with Gasteiger partial charge in [0.1, 0.15) is 0 Å². The Bertz CT molecular complexity index is 282. The molecule has 0 aromatic heterocycles. The monoisotopic (exact) mass is 225 g/mol. The molecule has 2 saturated heterocycles. The molecule has 4 heteroatoms. The molecule has 4 nitrogen and oxygen atoms in total. The van der Waals surface area contributed by atoms with Crippen molar-refractivity contribution in [1.82, 2.24) is 4.90 Å². The molecule has 1 aliphatic carbocycles. The van der Waals surface area contributed by atoms with Crippen LogP contribution in [0.3, 0.4) is 0 Å². The SMILES string of the molecule is O=C(C1CCC1)N1CCCC2(C1)OCCO2. The average Bonchev–Trinajstić information content (AvgIpc) is 2.64. The normalized spacial score (nSPS) is 29.4. The van der Waals surface area contributed by atoms with Crippen molar-refractivity contribution in [2.24, 2.45) is 5.92 Å². The molecule has 1 amide bonds. The second-order valence-corrected chi connectivity index (χ2v) is 5.10. The van der Waals surface area contributed by atoms with Gasteiger partial charge >= 0.3 is 0 Å². The smallest absolute Gasteiger partial charge is 0.225 e. The summed E-state index contributed by atoms with van der Waals surface area (Å²) in [7, 11) is 0. The minimum atomic E-state index is -0.461. The predicted molar refractivity (Wildman–Crippen MR) is 57.8 cm³/mol. The number of carbonyl (C=O) groups is 1. The van der Waals surface area contributed by atoms with Crippen LogP contribution in [-0.2, 0) is 14.3 Å². The highest BCUT2D eigenvalue weighted by Crippen LogP contribution is 2.34. The second kappa shape index (κ2) is 4.00. The first-order valence-electron chi connectivity index (χ1n) is 6.36. The van der Waals surface area contributed by atoms with Crippen LogP contribution in [0.5, 0.6) is 0 Å². The summed E-state index contributed by atoms with van der Waals surface area (Å²) < 4.78 is 11.4. The standard InChI is InChI=1S/C12H19NO3/c14-11(10-3-1-4-10)13-6-2-5-12(9-13)15-7-8-16-12/h10H,1-9H2.